The Labute approximate surface area is 152 Å². The molecule has 1 aromatic rings. The van der Waals surface area contributed by atoms with Crippen LogP contribution in [0.5, 0.6) is 0 Å². The van der Waals surface area contributed by atoms with Gasteiger partial charge >= 0.3 is 6.03 Å². The highest BCUT2D eigenvalue weighted by Crippen LogP contribution is 2.35. The molecule has 0 radical (unpaired) electrons. The van der Waals surface area contributed by atoms with Crippen molar-refractivity contribution in [2.75, 3.05) is 13.1 Å². The molecular formula is C19H23N3O4. The van der Waals surface area contributed by atoms with Gasteiger partial charge in [-0.15, -0.1) is 0 Å². The lowest BCUT2D eigenvalue weighted by Gasteiger charge is -2.24. The number of urea groups is 1. The quantitative estimate of drug-likeness (QED) is 0.781. The van der Waals surface area contributed by atoms with Gasteiger partial charge in [0.2, 0.25) is 5.91 Å². The molecular weight excluding hydrogens is 334 g/mol. The second kappa shape index (κ2) is 6.39. The van der Waals surface area contributed by atoms with E-state index in [1.807, 2.05) is 24.3 Å². The van der Waals surface area contributed by atoms with E-state index in [-0.39, 0.29) is 18.4 Å². The molecule has 1 spiro atoms. The van der Waals surface area contributed by atoms with Crippen LogP contribution in [0.1, 0.15) is 49.3 Å². The maximum Gasteiger partial charge on any atom is 0.325 e. The normalized spacial score (nSPS) is 24.6. The molecule has 1 aliphatic carbocycles. The van der Waals surface area contributed by atoms with Crippen molar-refractivity contribution in [2.45, 2.75) is 50.3 Å². The molecule has 2 heterocycles. The average molecular weight is 357 g/mol. The van der Waals surface area contributed by atoms with E-state index in [1.54, 1.807) is 4.90 Å². The summed E-state index contributed by atoms with van der Waals surface area (Å²) in [6.45, 7) is 0.523. The molecule has 1 atom stereocenters. The summed E-state index contributed by atoms with van der Waals surface area (Å²) in [6, 6.07) is 7.04. The minimum atomic E-state index is -0.793. The number of carbonyl (C=O) groups excluding carboxylic acids is 3. The van der Waals surface area contributed by atoms with Crippen LogP contribution in [0, 0.1) is 0 Å². The van der Waals surface area contributed by atoms with E-state index in [0.717, 1.165) is 28.9 Å². The van der Waals surface area contributed by atoms with E-state index in [4.69, 9.17) is 0 Å². The molecule has 3 aliphatic rings. The van der Waals surface area contributed by atoms with E-state index < -0.39 is 17.7 Å². The summed E-state index contributed by atoms with van der Waals surface area (Å²) in [4.78, 5) is 40.4. The number of aliphatic hydroxyl groups excluding tert-OH is 1. The topological polar surface area (TPSA) is 90.0 Å². The van der Waals surface area contributed by atoms with Crippen molar-refractivity contribution in [2.24, 2.45) is 0 Å². The van der Waals surface area contributed by atoms with Crippen LogP contribution in [0.2, 0.25) is 0 Å². The zero-order valence-electron chi connectivity index (χ0n) is 14.6. The molecule has 1 unspecified atom stereocenters. The highest BCUT2D eigenvalue weighted by molar-refractivity contribution is 6.09. The predicted octanol–water partition coefficient (Wildman–Crippen LogP) is 1.32. The molecule has 0 aromatic heterocycles. The monoisotopic (exact) mass is 357 g/mol. The summed E-state index contributed by atoms with van der Waals surface area (Å²) in [5.74, 6) is -0.545. The summed E-state index contributed by atoms with van der Waals surface area (Å²) in [5.41, 5.74) is 0.942. The van der Waals surface area contributed by atoms with Crippen LogP contribution in [-0.4, -0.2) is 51.4 Å². The fraction of sp³-hybridized carbons (Fsp3) is 0.526. The van der Waals surface area contributed by atoms with Crippen LogP contribution < -0.4 is 5.32 Å². The standard InChI is InChI=1S/C19H23N3O4/c23-15-7-10-21(11-13-5-1-2-6-14(13)15)16(24)12-22-17(25)19(20-18(22)26)8-3-4-9-19/h1-2,5-6,15,23H,3-4,7-12H2,(H,20,26). The van der Waals surface area contributed by atoms with E-state index in [1.165, 1.54) is 0 Å². The van der Waals surface area contributed by atoms with Gasteiger partial charge in [0.1, 0.15) is 12.1 Å². The largest absolute Gasteiger partial charge is 0.388 e. The Bertz CT molecular complexity index is 757. The van der Waals surface area contributed by atoms with Gasteiger partial charge in [0, 0.05) is 13.1 Å². The summed E-state index contributed by atoms with van der Waals surface area (Å²) in [7, 11) is 0. The number of imide groups is 1. The fourth-order valence-electron chi connectivity index (χ4n) is 4.31. The number of rotatable bonds is 2. The Morgan fingerprint density at radius 1 is 1.23 bits per heavy atom. The van der Waals surface area contributed by atoms with Crippen molar-refractivity contribution in [3.8, 4) is 0 Å². The lowest BCUT2D eigenvalue weighted by molar-refractivity contribution is -0.139. The third-order valence-corrected chi connectivity index (χ3v) is 5.80. The Balaban J connectivity index is 1.49. The maximum absolute atomic E-state index is 12.8. The molecule has 1 saturated heterocycles. The first-order chi connectivity index (χ1) is 12.5. The van der Waals surface area contributed by atoms with E-state index in [2.05, 4.69) is 5.32 Å². The zero-order chi connectivity index (χ0) is 18.3. The van der Waals surface area contributed by atoms with Crippen molar-refractivity contribution in [3.05, 3.63) is 35.4 Å². The van der Waals surface area contributed by atoms with Crippen molar-refractivity contribution in [1.82, 2.24) is 15.1 Å². The summed E-state index contributed by atoms with van der Waals surface area (Å²) in [5, 5.41) is 13.1. The molecule has 7 nitrogen and oxygen atoms in total. The van der Waals surface area contributed by atoms with Gasteiger partial charge in [-0.05, 0) is 30.4 Å². The maximum atomic E-state index is 12.8. The van der Waals surface area contributed by atoms with Crippen LogP contribution in [0.25, 0.3) is 0 Å². The van der Waals surface area contributed by atoms with E-state index in [9.17, 15) is 19.5 Å². The van der Waals surface area contributed by atoms with E-state index in [0.29, 0.717) is 32.4 Å². The highest BCUT2D eigenvalue weighted by Gasteiger charge is 2.52. The molecule has 1 aromatic carbocycles. The lowest BCUT2D eigenvalue weighted by atomic mass is 9.98. The van der Waals surface area contributed by atoms with Gasteiger partial charge in [-0.2, -0.15) is 0 Å². The van der Waals surface area contributed by atoms with Gasteiger partial charge in [0.05, 0.1) is 6.10 Å². The van der Waals surface area contributed by atoms with Crippen LogP contribution in [0.4, 0.5) is 4.79 Å². The highest BCUT2D eigenvalue weighted by atomic mass is 16.3. The third kappa shape index (κ3) is 2.76. The van der Waals surface area contributed by atoms with Crippen LogP contribution in [0.15, 0.2) is 24.3 Å². The molecule has 4 amide bonds. The van der Waals surface area contributed by atoms with Crippen molar-refractivity contribution in [3.63, 3.8) is 0 Å². The molecule has 1 saturated carbocycles. The first kappa shape index (κ1) is 17.0. The Hall–Kier alpha value is -2.41. The fourth-order valence-corrected chi connectivity index (χ4v) is 4.31. The third-order valence-electron chi connectivity index (χ3n) is 5.80. The number of fused-ring (bicyclic) bond motifs is 1. The van der Waals surface area contributed by atoms with Crippen molar-refractivity contribution < 1.29 is 19.5 Å². The predicted molar refractivity (Wildman–Crippen MR) is 92.9 cm³/mol. The second-order valence-electron chi connectivity index (χ2n) is 7.43. The van der Waals surface area contributed by atoms with Crippen molar-refractivity contribution >= 4 is 17.8 Å². The number of carbonyl (C=O) groups is 3. The number of hydrogen-bond acceptors (Lipinski definition) is 4. The molecule has 0 bridgehead atoms. The minimum absolute atomic E-state index is 0.245. The first-order valence-corrected chi connectivity index (χ1v) is 9.18. The Morgan fingerprint density at radius 3 is 2.73 bits per heavy atom. The van der Waals surface area contributed by atoms with Gasteiger partial charge in [0.15, 0.2) is 0 Å². The number of nitrogens with zero attached hydrogens (tertiary/aromatic N) is 2. The van der Waals surface area contributed by atoms with Gasteiger partial charge in [-0.1, -0.05) is 37.1 Å². The molecule has 2 fully saturated rings. The van der Waals surface area contributed by atoms with Crippen molar-refractivity contribution in [1.29, 1.82) is 0 Å². The number of amides is 4. The summed E-state index contributed by atoms with van der Waals surface area (Å²) < 4.78 is 0. The first-order valence-electron chi connectivity index (χ1n) is 9.18. The number of nitrogens with one attached hydrogen (secondary N) is 1. The summed E-state index contributed by atoms with van der Waals surface area (Å²) >= 11 is 0. The molecule has 2 aliphatic heterocycles. The molecule has 2 N–H and O–H groups in total. The average Bonchev–Trinajstić information content (AvgIpc) is 3.13. The molecule has 7 heteroatoms. The molecule has 26 heavy (non-hydrogen) atoms. The van der Waals surface area contributed by atoms with E-state index >= 15 is 0 Å². The summed E-state index contributed by atoms with van der Waals surface area (Å²) in [6.07, 6.45) is 2.94. The van der Waals surface area contributed by atoms with Gasteiger partial charge in [0.25, 0.3) is 5.91 Å². The lowest BCUT2D eigenvalue weighted by Crippen LogP contribution is -2.46. The second-order valence-corrected chi connectivity index (χ2v) is 7.43. The van der Waals surface area contributed by atoms with Crippen LogP contribution >= 0.6 is 0 Å². The van der Waals surface area contributed by atoms with Gasteiger partial charge in [-0.3, -0.25) is 14.5 Å². The van der Waals surface area contributed by atoms with Gasteiger partial charge < -0.3 is 15.3 Å². The Kier molecular flexibility index (Phi) is 4.19. The number of hydrogen-bond donors (Lipinski definition) is 2. The Morgan fingerprint density at radius 2 is 1.96 bits per heavy atom. The number of benzene rings is 1. The minimum Gasteiger partial charge on any atom is -0.388 e. The van der Waals surface area contributed by atoms with Gasteiger partial charge in [-0.25, -0.2) is 4.79 Å². The molecule has 4 rings (SSSR count). The molecule has 138 valence electrons. The SMILES string of the molecule is O=C(CN1C(=O)NC2(CCCC2)C1=O)N1CCC(O)c2ccccc2C1. The zero-order valence-corrected chi connectivity index (χ0v) is 14.6. The number of aliphatic hydroxyl groups is 1. The van der Waals surface area contributed by atoms with Crippen LogP contribution in [-0.2, 0) is 16.1 Å². The smallest absolute Gasteiger partial charge is 0.325 e. The van der Waals surface area contributed by atoms with Crippen LogP contribution in [0.3, 0.4) is 0 Å².